The minimum Gasteiger partial charge on any atom is -0.508 e. The molecule has 1 saturated heterocycles. The third-order valence-electron chi connectivity index (χ3n) is 9.26. The number of nitrogens with zero attached hydrogens (tertiary/aromatic N) is 1. The van der Waals surface area contributed by atoms with Crippen LogP contribution in [0.25, 0.3) is 11.1 Å². The first-order chi connectivity index (χ1) is 24.3. The summed E-state index contributed by atoms with van der Waals surface area (Å²) in [7, 11) is 1.95. The van der Waals surface area contributed by atoms with Crippen LogP contribution in [0.5, 0.6) is 5.75 Å². The Morgan fingerprint density at radius 3 is 2.26 bits per heavy atom. The summed E-state index contributed by atoms with van der Waals surface area (Å²) in [6.45, 7) is 3.38. The molecule has 0 radical (unpaired) electrons. The highest BCUT2D eigenvalue weighted by Gasteiger charge is 2.39. The molecule has 1 heterocycles. The van der Waals surface area contributed by atoms with Crippen molar-refractivity contribution in [2.75, 3.05) is 20.1 Å². The molecule has 0 spiro atoms. The van der Waals surface area contributed by atoms with Gasteiger partial charge in [-0.25, -0.2) is 0 Å². The molecular formula is C42H44N2O6. The Morgan fingerprint density at radius 1 is 0.800 bits per heavy atom. The highest BCUT2D eigenvalue weighted by molar-refractivity contribution is 5.94. The lowest BCUT2D eigenvalue weighted by atomic mass is 9.89. The van der Waals surface area contributed by atoms with Crippen LogP contribution in [0.4, 0.5) is 0 Å². The van der Waals surface area contributed by atoms with Gasteiger partial charge in [-0.2, -0.15) is 0 Å². The fourth-order valence-electron chi connectivity index (χ4n) is 6.44. The van der Waals surface area contributed by atoms with E-state index < -0.39 is 12.4 Å². The van der Waals surface area contributed by atoms with Gasteiger partial charge in [-0.3, -0.25) is 4.79 Å². The Labute approximate surface area is 293 Å². The van der Waals surface area contributed by atoms with Crippen molar-refractivity contribution in [1.29, 1.82) is 0 Å². The number of hydrogen-bond acceptors (Lipinski definition) is 7. The van der Waals surface area contributed by atoms with Crippen molar-refractivity contribution < 1.29 is 29.6 Å². The molecule has 8 nitrogen and oxygen atoms in total. The van der Waals surface area contributed by atoms with Gasteiger partial charge in [-0.1, -0.05) is 97.9 Å². The van der Waals surface area contributed by atoms with Crippen molar-refractivity contribution in [3.05, 3.63) is 161 Å². The van der Waals surface area contributed by atoms with Crippen LogP contribution in [-0.4, -0.2) is 52.4 Å². The Kier molecular flexibility index (Phi) is 11.4. The molecule has 1 aliphatic heterocycles. The number of phenolic OH excluding ortho intramolecular Hbond substituents is 1. The molecular weight excluding hydrogens is 628 g/mol. The Morgan fingerprint density at radius 2 is 1.52 bits per heavy atom. The second-order valence-electron chi connectivity index (χ2n) is 13.0. The van der Waals surface area contributed by atoms with Crippen molar-refractivity contribution in [3.8, 4) is 16.9 Å². The molecule has 5 aromatic rings. The van der Waals surface area contributed by atoms with E-state index in [1.165, 1.54) is 0 Å². The summed E-state index contributed by atoms with van der Waals surface area (Å²) in [5.41, 5.74) is 6.97. The lowest BCUT2D eigenvalue weighted by molar-refractivity contribution is -0.276. The molecule has 1 aliphatic rings. The average molecular weight is 673 g/mol. The Hall–Kier alpha value is -4.83. The van der Waals surface area contributed by atoms with Gasteiger partial charge in [0.15, 0.2) is 6.29 Å². The van der Waals surface area contributed by atoms with E-state index in [-0.39, 0.29) is 36.4 Å². The van der Waals surface area contributed by atoms with Crippen LogP contribution in [0.1, 0.15) is 63.6 Å². The molecule has 5 unspecified atom stereocenters. The van der Waals surface area contributed by atoms with E-state index in [1.54, 1.807) is 36.4 Å². The van der Waals surface area contributed by atoms with Crippen LogP contribution < -0.4 is 5.32 Å². The van der Waals surface area contributed by atoms with E-state index in [0.29, 0.717) is 30.8 Å². The number of aliphatic hydroxyl groups is 2. The first kappa shape index (κ1) is 35.0. The number of aliphatic hydroxyl groups excluding tert-OH is 2. The van der Waals surface area contributed by atoms with Gasteiger partial charge >= 0.3 is 0 Å². The lowest BCUT2D eigenvalue weighted by Gasteiger charge is -2.42. The van der Waals surface area contributed by atoms with Crippen LogP contribution in [-0.2, 0) is 22.6 Å². The fourth-order valence-corrected chi connectivity index (χ4v) is 6.44. The smallest absolute Gasteiger partial charge is 0.251 e. The van der Waals surface area contributed by atoms with Gasteiger partial charge in [0.25, 0.3) is 5.91 Å². The van der Waals surface area contributed by atoms with Gasteiger partial charge in [0.05, 0.1) is 24.9 Å². The van der Waals surface area contributed by atoms with Crippen molar-refractivity contribution in [3.63, 3.8) is 0 Å². The average Bonchev–Trinajstić information content (AvgIpc) is 3.15. The maximum atomic E-state index is 12.6. The Bertz CT molecular complexity index is 1860. The van der Waals surface area contributed by atoms with E-state index in [0.717, 1.165) is 33.4 Å². The van der Waals surface area contributed by atoms with Crippen molar-refractivity contribution >= 4 is 5.91 Å². The normalized spacial score (nSPS) is 19.6. The molecule has 50 heavy (non-hydrogen) atoms. The summed E-state index contributed by atoms with van der Waals surface area (Å²) >= 11 is 0. The van der Waals surface area contributed by atoms with Gasteiger partial charge in [0, 0.05) is 36.7 Å². The van der Waals surface area contributed by atoms with Crippen LogP contribution in [0, 0.1) is 5.92 Å². The quantitative estimate of drug-likeness (QED) is 0.114. The van der Waals surface area contributed by atoms with E-state index in [1.807, 2.05) is 84.7 Å². The number of phenols is 1. The lowest BCUT2D eigenvalue weighted by Crippen LogP contribution is -2.44. The highest BCUT2D eigenvalue weighted by atomic mass is 16.7. The summed E-state index contributed by atoms with van der Waals surface area (Å²) in [6, 6.07) is 40.0. The highest BCUT2D eigenvalue weighted by Crippen LogP contribution is 2.42. The predicted octanol–water partition coefficient (Wildman–Crippen LogP) is 6.94. The van der Waals surface area contributed by atoms with Gasteiger partial charge in [-0.15, -0.1) is 0 Å². The van der Waals surface area contributed by atoms with Gasteiger partial charge in [0.2, 0.25) is 0 Å². The minimum absolute atomic E-state index is 0.0300. The zero-order valence-corrected chi connectivity index (χ0v) is 28.4. The molecule has 6 rings (SSSR count). The number of nitrogens with one attached hydrogen (secondary N) is 1. The number of benzene rings is 5. The molecule has 5 atom stereocenters. The third-order valence-corrected chi connectivity index (χ3v) is 9.26. The third kappa shape index (κ3) is 8.66. The van der Waals surface area contributed by atoms with Gasteiger partial charge < -0.3 is 35.0 Å². The minimum atomic E-state index is -0.779. The molecule has 0 aromatic heterocycles. The molecule has 0 saturated carbocycles. The summed E-state index contributed by atoms with van der Waals surface area (Å²) in [5, 5.41) is 33.5. The van der Waals surface area contributed by atoms with E-state index >= 15 is 0 Å². The largest absolute Gasteiger partial charge is 0.508 e. The number of aromatic hydroxyl groups is 1. The maximum absolute atomic E-state index is 12.6. The van der Waals surface area contributed by atoms with Crippen molar-refractivity contribution in [2.24, 2.45) is 5.92 Å². The van der Waals surface area contributed by atoms with Crippen LogP contribution in [0.3, 0.4) is 0 Å². The second-order valence-corrected chi connectivity index (χ2v) is 13.0. The zero-order chi connectivity index (χ0) is 35.0. The number of carbonyl (C=O) groups is 1. The summed E-state index contributed by atoms with van der Waals surface area (Å²) < 4.78 is 13.4. The molecule has 1 fully saturated rings. The number of likely N-dealkylation sites (N-methyl/N-ethyl adjacent to an activating group) is 1. The van der Waals surface area contributed by atoms with E-state index in [4.69, 9.17) is 9.47 Å². The number of hydrogen-bond donors (Lipinski definition) is 4. The molecule has 8 heteroatoms. The SMILES string of the molecule is CC1C(CN(C)CC(O)c2cccc(O)c2)OC(c2cccc(-c3cccc(CNC(=O)c4ccccc4)c3)c2)OC1c1ccc(CO)cc1. The topological polar surface area (TPSA) is 111 Å². The van der Waals surface area contributed by atoms with Crippen LogP contribution in [0.2, 0.25) is 0 Å². The number of carbonyl (C=O) groups excluding carboxylic acids is 1. The number of amides is 1. The van der Waals surface area contributed by atoms with Crippen molar-refractivity contribution in [1.82, 2.24) is 10.2 Å². The summed E-state index contributed by atoms with van der Waals surface area (Å²) in [4.78, 5) is 14.7. The van der Waals surface area contributed by atoms with E-state index in [2.05, 4.69) is 30.4 Å². The zero-order valence-electron chi connectivity index (χ0n) is 28.4. The molecule has 4 N–H and O–H groups in total. The molecule has 258 valence electrons. The Balaban J connectivity index is 1.21. The van der Waals surface area contributed by atoms with E-state index in [9.17, 15) is 20.1 Å². The summed E-state index contributed by atoms with van der Waals surface area (Å²) in [5.74, 6) is -0.0294. The van der Waals surface area contributed by atoms with Crippen molar-refractivity contribution in [2.45, 2.75) is 44.7 Å². The maximum Gasteiger partial charge on any atom is 0.251 e. The van der Waals surface area contributed by atoms with Gasteiger partial charge in [-0.05, 0) is 76.8 Å². The predicted molar refractivity (Wildman–Crippen MR) is 193 cm³/mol. The van der Waals surface area contributed by atoms with Crippen LogP contribution >= 0.6 is 0 Å². The standard InChI is InChI=1S/C42H44N2O6/c1-28-39(26-44(2)25-38(47)35-14-8-16-37(46)23-35)49-42(50-40(28)31-19-17-29(27-45)18-20-31)36-15-7-13-34(22-36)33-12-6-9-30(21-33)24-43-41(48)32-10-4-3-5-11-32/h3-23,28,38-40,42,45-47H,24-27H2,1-2H3,(H,43,48). The summed E-state index contributed by atoms with van der Waals surface area (Å²) in [6.07, 6.45) is -1.95. The first-order valence-corrected chi connectivity index (χ1v) is 17.0. The molecule has 0 bridgehead atoms. The monoisotopic (exact) mass is 672 g/mol. The fraction of sp³-hybridized carbons (Fsp3) is 0.262. The molecule has 5 aromatic carbocycles. The number of ether oxygens (including phenoxy) is 2. The first-order valence-electron chi connectivity index (χ1n) is 17.0. The second kappa shape index (κ2) is 16.3. The number of rotatable bonds is 12. The molecule has 0 aliphatic carbocycles. The van der Waals surface area contributed by atoms with Crippen LogP contribution in [0.15, 0.2) is 127 Å². The molecule has 1 amide bonds. The van der Waals surface area contributed by atoms with Gasteiger partial charge in [0.1, 0.15) is 5.75 Å².